The molecule has 0 aromatic heterocycles. The topological polar surface area (TPSA) is 72.8 Å². The second-order valence-electron chi connectivity index (χ2n) is 3.72. The van der Waals surface area contributed by atoms with Crippen LogP contribution in [0, 0.1) is 0 Å². The van der Waals surface area contributed by atoms with Gasteiger partial charge in [-0.15, -0.1) is 0 Å². The van der Waals surface area contributed by atoms with E-state index in [0.29, 0.717) is 6.42 Å². The van der Waals surface area contributed by atoms with Gasteiger partial charge in [0, 0.05) is 6.42 Å². The number of ether oxygens (including phenoxy) is 2. The monoisotopic (exact) mass is 252 g/mol. The van der Waals surface area contributed by atoms with Gasteiger partial charge in [0.1, 0.15) is 5.75 Å². The highest BCUT2D eigenvalue weighted by atomic mass is 16.5. The van der Waals surface area contributed by atoms with Crippen LogP contribution >= 0.6 is 0 Å². The number of hydrogen-bond donors (Lipinski definition) is 1. The highest BCUT2D eigenvalue weighted by Gasteiger charge is 2.06. The van der Waals surface area contributed by atoms with Crippen LogP contribution in [0.15, 0.2) is 24.3 Å². The fourth-order valence-corrected chi connectivity index (χ4v) is 1.39. The number of rotatable bonds is 7. The summed E-state index contributed by atoms with van der Waals surface area (Å²) in [5.41, 5.74) is 1.00. The molecule has 1 aromatic rings. The molecule has 1 aromatic carbocycles. The number of esters is 1. The van der Waals surface area contributed by atoms with E-state index in [1.54, 1.807) is 7.11 Å². The van der Waals surface area contributed by atoms with Crippen LogP contribution < -0.4 is 4.74 Å². The van der Waals surface area contributed by atoms with Gasteiger partial charge >= 0.3 is 11.9 Å². The first-order valence-electron chi connectivity index (χ1n) is 5.62. The Morgan fingerprint density at radius 3 is 2.72 bits per heavy atom. The van der Waals surface area contributed by atoms with E-state index in [2.05, 4.69) is 0 Å². The van der Waals surface area contributed by atoms with Crippen LogP contribution in [0.4, 0.5) is 0 Å². The zero-order valence-corrected chi connectivity index (χ0v) is 10.2. The Bertz CT molecular complexity index is 414. The van der Waals surface area contributed by atoms with Gasteiger partial charge in [-0.05, 0) is 17.7 Å². The van der Waals surface area contributed by atoms with Gasteiger partial charge in [0.2, 0.25) is 0 Å². The second-order valence-corrected chi connectivity index (χ2v) is 3.72. The molecule has 98 valence electrons. The van der Waals surface area contributed by atoms with Gasteiger partial charge in [-0.25, -0.2) is 0 Å². The van der Waals surface area contributed by atoms with Crippen molar-refractivity contribution >= 4 is 11.9 Å². The van der Waals surface area contributed by atoms with Gasteiger partial charge in [0.25, 0.3) is 0 Å². The Kier molecular flexibility index (Phi) is 5.70. The molecule has 0 saturated carbocycles. The summed E-state index contributed by atoms with van der Waals surface area (Å²) in [4.78, 5) is 21.4. The van der Waals surface area contributed by atoms with Crippen LogP contribution in [0.2, 0.25) is 0 Å². The summed E-state index contributed by atoms with van der Waals surface area (Å²) in [5.74, 6) is -0.732. The van der Waals surface area contributed by atoms with E-state index in [1.165, 1.54) is 0 Å². The van der Waals surface area contributed by atoms with Gasteiger partial charge in [-0.1, -0.05) is 12.1 Å². The van der Waals surface area contributed by atoms with Crippen molar-refractivity contribution in [3.63, 3.8) is 0 Å². The molecule has 1 rings (SSSR count). The average molecular weight is 252 g/mol. The Morgan fingerprint density at radius 2 is 2.06 bits per heavy atom. The van der Waals surface area contributed by atoms with E-state index in [1.807, 2.05) is 24.3 Å². The number of benzene rings is 1. The van der Waals surface area contributed by atoms with Gasteiger partial charge in [-0.2, -0.15) is 0 Å². The van der Waals surface area contributed by atoms with Crippen molar-refractivity contribution in [3.05, 3.63) is 29.8 Å². The quantitative estimate of drug-likeness (QED) is 0.747. The maximum atomic E-state index is 11.2. The van der Waals surface area contributed by atoms with E-state index in [0.717, 1.165) is 11.3 Å². The van der Waals surface area contributed by atoms with Gasteiger partial charge < -0.3 is 14.6 Å². The van der Waals surface area contributed by atoms with Gasteiger partial charge in [0.15, 0.2) is 0 Å². The van der Waals surface area contributed by atoms with Crippen molar-refractivity contribution < 1.29 is 24.2 Å². The predicted molar refractivity (Wildman–Crippen MR) is 64.5 cm³/mol. The first-order valence-corrected chi connectivity index (χ1v) is 5.62. The molecular weight excluding hydrogens is 236 g/mol. The van der Waals surface area contributed by atoms with Crippen LogP contribution in [0.3, 0.4) is 0 Å². The Hall–Kier alpha value is -2.04. The molecule has 0 spiro atoms. The largest absolute Gasteiger partial charge is 0.497 e. The molecular formula is C13H16O5. The van der Waals surface area contributed by atoms with Crippen molar-refractivity contribution in [2.45, 2.75) is 19.3 Å². The van der Waals surface area contributed by atoms with Crippen molar-refractivity contribution in [1.82, 2.24) is 0 Å². The van der Waals surface area contributed by atoms with Crippen LogP contribution in [-0.4, -0.2) is 30.8 Å². The van der Waals surface area contributed by atoms with Crippen LogP contribution in [-0.2, 0) is 20.7 Å². The molecule has 5 nitrogen and oxygen atoms in total. The van der Waals surface area contributed by atoms with Crippen LogP contribution in [0.25, 0.3) is 0 Å². The molecule has 18 heavy (non-hydrogen) atoms. The molecule has 0 aliphatic heterocycles. The normalized spacial score (nSPS) is 9.83. The zero-order chi connectivity index (χ0) is 13.4. The van der Waals surface area contributed by atoms with Crippen LogP contribution in [0.5, 0.6) is 5.75 Å². The third-order valence-corrected chi connectivity index (χ3v) is 2.33. The molecule has 0 fully saturated rings. The molecule has 0 atom stereocenters. The number of carboxylic acid groups (broad SMARTS) is 1. The summed E-state index contributed by atoms with van der Waals surface area (Å²) in [5, 5.41) is 8.40. The molecule has 0 aliphatic carbocycles. The number of carbonyl (C=O) groups excluding carboxylic acids is 1. The number of hydrogen-bond acceptors (Lipinski definition) is 4. The van der Waals surface area contributed by atoms with Crippen molar-refractivity contribution in [2.75, 3.05) is 13.7 Å². The van der Waals surface area contributed by atoms with Crippen LogP contribution in [0.1, 0.15) is 18.4 Å². The van der Waals surface area contributed by atoms with E-state index < -0.39 is 11.9 Å². The zero-order valence-electron chi connectivity index (χ0n) is 10.2. The molecule has 0 unspecified atom stereocenters. The molecule has 1 N–H and O–H groups in total. The minimum absolute atomic E-state index is 0.0898. The standard InChI is InChI=1S/C13H16O5/c1-17-11-4-2-3-10(9-11)7-8-18-13(16)6-5-12(14)15/h2-4,9H,5-8H2,1H3,(H,14,15). The number of aliphatic carboxylic acids is 1. The average Bonchev–Trinajstić information content (AvgIpc) is 2.36. The minimum Gasteiger partial charge on any atom is -0.497 e. The maximum absolute atomic E-state index is 11.2. The first-order chi connectivity index (χ1) is 8.61. The summed E-state index contributed by atoms with van der Waals surface area (Å²) < 4.78 is 10.0. The summed E-state index contributed by atoms with van der Waals surface area (Å²) >= 11 is 0. The fraction of sp³-hybridized carbons (Fsp3) is 0.385. The molecule has 0 amide bonds. The Balaban J connectivity index is 2.28. The summed E-state index contributed by atoms with van der Waals surface area (Å²) in [7, 11) is 1.59. The summed E-state index contributed by atoms with van der Waals surface area (Å²) in [6.07, 6.45) is 0.293. The lowest BCUT2D eigenvalue weighted by Crippen LogP contribution is -2.09. The smallest absolute Gasteiger partial charge is 0.306 e. The number of methoxy groups -OCH3 is 1. The summed E-state index contributed by atoms with van der Waals surface area (Å²) in [6, 6.07) is 7.47. The highest BCUT2D eigenvalue weighted by Crippen LogP contribution is 2.12. The third kappa shape index (κ3) is 5.34. The second kappa shape index (κ2) is 7.32. The van der Waals surface area contributed by atoms with Gasteiger partial charge in [0.05, 0.1) is 26.6 Å². The van der Waals surface area contributed by atoms with Crippen molar-refractivity contribution in [1.29, 1.82) is 0 Å². The maximum Gasteiger partial charge on any atom is 0.306 e. The molecule has 0 bridgehead atoms. The summed E-state index contributed by atoms with van der Waals surface area (Å²) in [6.45, 7) is 0.242. The molecule has 0 saturated heterocycles. The lowest BCUT2D eigenvalue weighted by molar-refractivity contribution is -0.147. The lowest BCUT2D eigenvalue weighted by atomic mass is 10.1. The van der Waals surface area contributed by atoms with E-state index in [4.69, 9.17) is 14.6 Å². The van der Waals surface area contributed by atoms with E-state index >= 15 is 0 Å². The van der Waals surface area contributed by atoms with E-state index in [9.17, 15) is 9.59 Å². The third-order valence-electron chi connectivity index (χ3n) is 2.33. The highest BCUT2D eigenvalue weighted by molar-refractivity contribution is 5.76. The Morgan fingerprint density at radius 1 is 1.28 bits per heavy atom. The van der Waals surface area contributed by atoms with Gasteiger partial charge in [-0.3, -0.25) is 9.59 Å². The number of carbonyl (C=O) groups is 2. The minimum atomic E-state index is -1.00. The molecule has 0 radical (unpaired) electrons. The number of carboxylic acids is 1. The fourth-order valence-electron chi connectivity index (χ4n) is 1.39. The molecule has 5 heteroatoms. The molecule has 0 aliphatic rings. The van der Waals surface area contributed by atoms with Crippen molar-refractivity contribution in [2.24, 2.45) is 0 Å². The van der Waals surface area contributed by atoms with Crippen molar-refractivity contribution in [3.8, 4) is 5.75 Å². The predicted octanol–water partition coefficient (Wildman–Crippen LogP) is 1.65. The lowest BCUT2D eigenvalue weighted by Gasteiger charge is -2.05. The SMILES string of the molecule is COc1cccc(CCOC(=O)CCC(=O)O)c1. The molecule has 0 heterocycles. The Labute approximate surface area is 105 Å². The first kappa shape index (κ1) is 14.0. The van der Waals surface area contributed by atoms with E-state index in [-0.39, 0.29) is 19.4 Å².